The quantitative estimate of drug-likeness (QED) is 0.923. The van der Waals surface area contributed by atoms with Crippen molar-refractivity contribution in [2.45, 2.75) is 31.3 Å². The van der Waals surface area contributed by atoms with E-state index in [1.807, 2.05) is 31.3 Å². The van der Waals surface area contributed by atoms with Gasteiger partial charge in [0.05, 0.1) is 6.20 Å². The van der Waals surface area contributed by atoms with Crippen LogP contribution in [-0.4, -0.2) is 40.2 Å². The Morgan fingerprint density at radius 1 is 1.33 bits per heavy atom. The number of hydrogen-bond acceptors (Lipinski definition) is 3. The van der Waals surface area contributed by atoms with Crippen LogP contribution in [0.1, 0.15) is 36.4 Å². The minimum absolute atomic E-state index is 0. The van der Waals surface area contributed by atoms with Gasteiger partial charge in [0, 0.05) is 37.3 Å². The van der Waals surface area contributed by atoms with Gasteiger partial charge in [-0.15, -0.1) is 12.4 Å². The van der Waals surface area contributed by atoms with E-state index >= 15 is 0 Å². The molecule has 2 heterocycles. The first-order valence-electron chi connectivity index (χ1n) is 8.11. The minimum Gasteiger partial charge on any atom is -0.338 e. The molecule has 1 saturated heterocycles. The van der Waals surface area contributed by atoms with Crippen molar-refractivity contribution in [2.24, 2.45) is 7.05 Å². The number of carbonyl (C=O) groups excluding carboxylic acids is 1. The fraction of sp³-hybridized carbons (Fsp3) is 0.444. The van der Waals surface area contributed by atoms with Crippen LogP contribution >= 0.6 is 12.4 Å². The maximum atomic E-state index is 13.0. The Kier molecular flexibility index (Phi) is 6.02. The molecule has 1 amide bonds. The summed E-state index contributed by atoms with van der Waals surface area (Å²) >= 11 is 0. The molecule has 0 saturated carbocycles. The number of hydrogen-bond donors (Lipinski definition) is 1. The third-order valence-corrected chi connectivity index (χ3v) is 4.72. The summed E-state index contributed by atoms with van der Waals surface area (Å²) in [6.07, 6.45) is 4.67. The first-order valence-corrected chi connectivity index (χ1v) is 8.11. The van der Waals surface area contributed by atoms with Gasteiger partial charge in [0.2, 0.25) is 5.91 Å². The van der Waals surface area contributed by atoms with E-state index in [1.54, 1.807) is 10.9 Å². The van der Waals surface area contributed by atoms with Crippen LogP contribution in [0.5, 0.6) is 0 Å². The lowest BCUT2D eigenvalue weighted by molar-refractivity contribution is -0.134. The lowest BCUT2D eigenvalue weighted by Gasteiger charge is -2.26. The van der Waals surface area contributed by atoms with Crippen LogP contribution in [0.25, 0.3) is 0 Å². The third-order valence-electron chi connectivity index (χ3n) is 4.72. The summed E-state index contributed by atoms with van der Waals surface area (Å²) in [5.74, 6) is 0.549. The molecule has 3 unspecified atom stereocenters. The second-order valence-corrected chi connectivity index (χ2v) is 6.35. The second kappa shape index (κ2) is 7.81. The Hall–Kier alpha value is -1.85. The molecule has 3 atom stereocenters. The standard InChI is InChI=1S/C18H24N4O.ClH/c1-13-9-15(14-7-5-4-6-8-14)12-22(13)18(23)17(19-2)16-10-20-21(3)11-16;/h4-8,10-11,13,15,17,19H,9,12H2,1-3H3;1H. The molecule has 5 nitrogen and oxygen atoms in total. The van der Waals surface area contributed by atoms with Gasteiger partial charge < -0.3 is 10.2 Å². The zero-order valence-corrected chi connectivity index (χ0v) is 15.2. The predicted molar refractivity (Wildman–Crippen MR) is 97.2 cm³/mol. The molecule has 130 valence electrons. The van der Waals surface area contributed by atoms with E-state index in [9.17, 15) is 4.79 Å². The molecular weight excluding hydrogens is 324 g/mol. The molecule has 24 heavy (non-hydrogen) atoms. The number of carbonyl (C=O) groups is 1. The van der Waals surface area contributed by atoms with Crippen molar-refractivity contribution in [2.75, 3.05) is 13.6 Å². The number of likely N-dealkylation sites (tertiary alicyclic amines) is 1. The van der Waals surface area contributed by atoms with Gasteiger partial charge in [-0.25, -0.2) is 0 Å². The highest BCUT2D eigenvalue weighted by atomic mass is 35.5. The van der Waals surface area contributed by atoms with Crippen LogP contribution < -0.4 is 5.32 Å². The fourth-order valence-electron chi connectivity index (χ4n) is 3.49. The number of aromatic nitrogens is 2. The Bertz CT molecular complexity index is 673. The molecule has 2 aromatic rings. The normalized spacial score (nSPS) is 21.4. The molecule has 0 spiro atoms. The van der Waals surface area contributed by atoms with Crippen molar-refractivity contribution >= 4 is 18.3 Å². The van der Waals surface area contributed by atoms with E-state index in [0.29, 0.717) is 5.92 Å². The van der Waals surface area contributed by atoms with E-state index < -0.39 is 0 Å². The Balaban J connectivity index is 0.00000208. The molecule has 0 radical (unpaired) electrons. The van der Waals surface area contributed by atoms with Crippen LogP contribution in [0.4, 0.5) is 0 Å². The van der Waals surface area contributed by atoms with Crippen molar-refractivity contribution in [1.29, 1.82) is 0 Å². The van der Waals surface area contributed by atoms with Gasteiger partial charge in [-0.3, -0.25) is 9.48 Å². The number of nitrogens with one attached hydrogen (secondary N) is 1. The molecule has 1 aromatic carbocycles. The summed E-state index contributed by atoms with van der Waals surface area (Å²) in [6, 6.07) is 10.4. The average molecular weight is 349 g/mol. The summed E-state index contributed by atoms with van der Waals surface area (Å²) < 4.78 is 1.73. The molecule has 0 bridgehead atoms. The van der Waals surface area contributed by atoms with Gasteiger partial charge in [-0.1, -0.05) is 30.3 Å². The number of amides is 1. The van der Waals surface area contributed by atoms with E-state index in [0.717, 1.165) is 18.5 Å². The predicted octanol–water partition coefficient (Wildman–Crippen LogP) is 2.51. The molecule has 6 heteroatoms. The van der Waals surface area contributed by atoms with E-state index in [4.69, 9.17) is 0 Å². The lowest BCUT2D eigenvalue weighted by atomic mass is 9.97. The lowest BCUT2D eigenvalue weighted by Crippen LogP contribution is -2.41. The van der Waals surface area contributed by atoms with Gasteiger partial charge in [0.1, 0.15) is 6.04 Å². The number of aryl methyl sites for hydroxylation is 1. The molecular formula is C18H25ClN4O. The molecule has 1 aliphatic rings. The second-order valence-electron chi connectivity index (χ2n) is 6.35. The zero-order valence-electron chi connectivity index (χ0n) is 14.3. The van der Waals surface area contributed by atoms with Crippen LogP contribution in [0.15, 0.2) is 42.7 Å². The van der Waals surface area contributed by atoms with Gasteiger partial charge in [0.25, 0.3) is 0 Å². The summed E-state index contributed by atoms with van der Waals surface area (Å²) in [5, 5.41) is 7.32. The van der Waals surface area contributed by atoms with Crippen molar-refractivity contribution in [3.8, 4) is 0 Å². The van der Waals surface area contributed by atoms with Gasteiger partial charge in [-0.2, -0.15) is 5.10 Å². The Labute approximate surface area is 149 Å². The molecule has 1 N–H and O–H groups in total. The SMILES string of the molecule is CNC(C(=O)N1CC(c2ccccc2)CC1C)c1cnn(C)c1.Cl. The number of rotatable bonds is 4. The Morgan fingerprint density at radius 3 is 2.62 bits per heavy atom. The highest BCUT2D eigenvalue weighted by Gasteiger charge is 2.36. The fourth-order valence-corrected chi connectivity index (χ4v) is 3.49. The maximum Gasteiger partial charge on any atom is 0.244 e. The van der Waals surface area contributed by atoms with Gasteiger partial charge in [-0.05, 0) is 26.0 Å². The van der Waals surface area contributed by atoms with Crippen LogP contribution in [0.3, 0.4) is 0 Å². The van der Waals surface area contributed by atoms with Crippen molar-refractivity contribution in [1.82, 2.24) is 20.0 Å². The monoisotopic (exact) mass is 348 g/mol. The zero-order chi connectivity index (χ0) is 16.4. The Morgan fingerprint density at radius 2 is 2.04 bits per heavy atom. The molecule has 1 aliphatic heterocycles. The van der Waals surface area contributed by atoms with E-state index in [-0.39, 0.29) is 30.4 Å². The van der Waals surface area contributed by atoms with Gasteiger partial charge in [0.15, 0.2) is 0 Å². The first-order chi connectivity index (χ1) is 11.1. The van der Waals surface area contributed by atoms with Crippen LogP contribution in [0, 0.1) is 0 Å². The molecule has 1 fully saturated rings. The number of benzene rings is 1. The molecule has 0 aliphatic carbocycles. The van der Waals surface area contributed by atoms with Crippen LogP contribution in [0.2, 0.25) is 0 Å². The minimum atomic E-state index is -0.333. The number of likely N-dealkylation sites (N-methyl/N-ethyl adjacent to an activating group) is 1. The third kappa shape index (κ3) is 3.62. The van der Waals surface area contributed by atoms with E-state index in [1.165, 1.54) is 5.56 Å². The van der Waals surface area contributed by atoms with E-state index in [2.05, 4.69) is 41.6 Å². The van der Waals surface area contributed by atoms with Crippen molar-refractivity contribution in [3.05, 3.63) is 53.9 Å². The highest BCUT2D eigenvalue weighted by Crippen LogP contribution is 2.33. The van der Waals surface area contributed by atoms with Crippen molar-refractivity contribution in [3.63, 3.8) is 0 Å². The highest BCUT2D eigenvalue weighted by molar-refractivity contribution is 5.85. The number of nitrogens with zero attached hydrogens (tertiary/aromatic N) is 3. The molecule has 3 rings (SSSR count). The summed E-state index contributed by atoms with van der Waals surface area (Å²) in [7, 11) is 3.69. The average Bonchev–Trinajstić information content (AvgIpc) is 3.15. The van der Waals surface area contributed by atoms with Gasteiger partial charge >= 0.3 is 0 Å². The van der Waals surface area contributed by atoms with Crippen LogP contribution in [-0.2, 0) is 11.8 Å². The maximum absolute atomic E-state index is 13.0. The van der Waals surface area contributed by atoms with Crippen molar-refractivity contribution < 1.29 is 4.79 Å². The smallest absolute Gasteiger partial charge is 0.244 e. The first kappa shape index (κ1) is 18.5. The topological polar surface area (TPSA) is 50.2 Å². The summed E-state index contributed by atoms with van der Waals surface area (Å²) in [4.78, 5) is 15.0. The molecule has 1 aromatic heterocycles. The number of halogens is 1. The summed E-state index contributed by atoms with van der Waals surface area (Å²) in [6.45, 7) is 2.92. The summed E-state index contributed by atoms with van der Waals surface area (Å²) in [5.41, 5.74) is 2.23. The largest absolute Gasteiger partial charge is 0.338 e.